The Labute approximate surface area is 157 Å². The number of aryl methyl sites for hydroxylation is 1. The van der Waals surface area contributed by atoms with Gasteiger partial charge in [0.1, 0.15) is 11.7 Å². The number of pyridine rings is 1. The molecule has 27 heavy (non-hydrogen) atoms. The van der Waals surface area contributed by atoms with Gasteiger partial charge in [-0.05, 0) is 36.8 Å². The van der Waals surface area contributed by atoms with Gasteiger partial charge < -0.3 is 5.32 Å². The van der Waals surface area contributed by atoms with Gasteiger partial charge in [0.05, 0.1) is 0 Å². The zero-order chi connectivity index (χ0) is 19.1. The quantitative estimate of drug-likeness (QED) is 0.590. The predicted molar refractivity (Wildman–Crippen MR) is 104 cm³/mol. The van der Waals surface area contributed by atoms with Crippen LogP contribution in [-0.2, 0) is 4.79 Å². The van der Waals surface area contributed by atoms with E-state index >= 15 is 0 Å². The van der Waals surface area contributed by atoms with Gasteiger partial charge in [-0.15, -0.1) is 0 Å². The molecule has 6 heteroatoms. The summed E-state index contributed by atoms with van der Waals surface area (Å²) in [5, 5.41) is 2.86. The van der Waals surface area contributed by atoms with Crippen molar-refractivity contribution in [1.29, 1.82) is 0 Å². The van der Waals surface area contributed by atoms with E-state index < -0.39 is 11.9 Å². The molecule has 1 aromatic heterocycles. The molecular formula is C21H20N4O2. The van der Waals surface area contributed by atoms with Crippen molar-refractivity contribution in [3.8, 4) is 0 Å². The third-order valence-corrected chi connectivity index (χ3v) is 3.94. The maximum atomic E-state index is 12.8. The second-order valence-corrected chi connectivity index (χ2v) is 6.01. The van der Waals surface area contributed by atoms with E-state index in [4.69, 9.17) is 0 Å². The van der Waals surface area contributed by atoms with Crippen LogP contribution in [0, 0.1) is 6.92 Å². The summed E-state index contributed by atoms with van der Waals surface area (Å²) in [6, 6.07) is 21.0. The number of nitrogens with one attached hydrogen (secondary N) is 3. The molecule has 0 fully saturated rings. The lowest BCUT2D eigenvalue weighted by Gasteiger charge is -2.19. The van der Waals surface area contributed by atoms with Crippen molar-refractivity contribution in [2.24, 2.45) is 0 Å². The Balaban J connectivity index is 1.74. The predicted octanol–water partition coefficient (Wildman–Crippen LogP) is 3.00. The normalized spacial score (nSPS) is 11.4. The van der Waals surface area contributed by atoms with Crippen LogP contribution in [-0.4, -0.2) is 16.8 Å². The van der Waals surface area contributed by atoms with E-state index in [2.05, 4.69) is 21.2 Å². The monoisotopic (exact) mass is 360 g/mol. The second-order valence-electron chi connectivity index (χ2n) is 6.01. The van der Waals surface area contributed by atoms with Crippen molar-refractivity contribution in [2.45, 2.75) is 13.0 Å². The number of hydrogen-bond donors (Lipinski definition) is 3. The van der Waals surface area contributed by atoms with E-state index in [-0.39, 0.29) is 11.6 Å². The average Bonchev–Trinajstić information content (AvgIpc) is 2.71. The molecule has 0 saturated carbocycles. The minimum Gasteiger partial charge on any atom is -0.324 e. The molecule has 0 saturated heterocycles. The number of anilines is 1. The van der Waals surface area contributed by atoms with Crippen LogP contribution in [0.4, 0.5) is 5.69 Å². The van der Waals surface area contributed by atoms with E-state index in [1.54, 1.807) is 18.2 Å². The third-order valence-electron chi connectivity index (χ3n) is 3.94. The van der Waals surface area contributed by atoms with Crippen LogP contribution in [0.15, 0.2) is 79.0 Å². The summed E-state index contributed by atoms with van der Waals surface area (Å²) in [6.45, 7) is 1.98. The molecule has 2 amide bonds. The minimum absolute atomic E-state index is 0.260. The Morgan fingerprint density at radius 2 is 1.59 bits per heavy atom. The summed E-state index contributed by atoms with van der Waals surface area (Å²) in [5.41, 5.74) is 8.15. The molecule has 3 N–H and O–H groups in total. The number of hydrazine groups is 1. The lowest BCUT2D eigenvalue weighted by molar-refractivity contribution is -0.118. The highest BCUT2D eigenvalue weighted by molar-refractivity contribution is 5.96. The van der Waals surface area contributed by atoms with E-state index in [9.17, 15) is 9.59 Å². The number of amides is 2. The smallest absolute Gasteiger partial charge is 0.283 e. The summed E-state index contributed by atoms with van der Waals surface area (Å²) in [5.74, 6) is -0.703. The fourth-order valence-corrected chi connectivity index (χ4v) is 2.50. The first-order chi connectivity index (χ1) is 13.1. The lowest BCUT2D eigenvalue weighted by Crippen LogP contribution is -2.44. The SMILES string of the molecule is Cc1ccc(NC(=O)[C@H](NNC(=O)c2ccccn2)c2ccccc2)cc1. The highest BCUT2D eigenvalue weighted by atomic mass is 16.2. The first-order valence-corrected chi connectivity index (χ1v) is 8.53. The molecule has 0 bridgehead atoms. The molecule has 0 radical (unpaired) electrons. The molecule has 136 valence electrons. The number of benzene rings is 2. The summed E-state index contributed by atoms with van der Waals surface area (Å²) in [4.78, 5) is 29.0. The van der Waals surface area contributed by atoms with Crippen molar-refractivity contribution < 1.29 is 9.59 Å². The highest BCUT2D eigenvalue weighted by Gasteiger charge is 2.21. The van der Waals surface area contributed by atoms with Crippen LogP contribution < -0.4 is 16.2 Å². The molecule has 0 aliphatic heterocycles. The number of nitrogens with zero attached hydrogens (tertiary/aromatic N) is 1. The van der Waals surface area contributed by atoms with Gasteiger partial charge in [-0.3, -0.25) is 20.0 Å². The average molecular weight is 360 g/mol. The fourth-order valence-electron chi connectivity index (χ4n) is 2.50. The third kappa shape index (κ3) is 4.99. The van der Waals surface area contributed by atoms with Crippen molar-refractivity contribution in [2.75, 3.05) is 5.32 Å². The van der Waals surface area contributed by atoms with E-state index in [1.165, 1.54) is 6.20 Å². The highest BCUT2D eigenvalue weighted by Crippen LogP contribution is 2.16. The lowest BCUT2D eigenvalue weighted by atomic mass is 10.1. The van der Waals surface area contributed by atoms with E-state index in [0.29, 0.717) is 5.69 Å². The Morgan fingerprint density at radius 1 is 0.889 bits per heavy atom. The standard InChI is InChI=1S/C21H20N4O2/c1-15-10-12-17(13-11-15)23-21(27)19(16-7-3-2-4-8-16)24-25-20(26)18-9-5-6-14-22-18/h2-14,19,24H,1H3,(H,23,27)(H,25,26)/t19-/m1/s1. The van der Waals surface area contributed by atoms with Gasteiger partial charge in [0.15, 0.2) is 0 Å². The second kappa shape index (κ2) is 8.73. The largest absolute Gasteiger partial charge is 0.324 e. The molecule has 0 aliphatic rings. The number of rotatable bonds is 6. The summed E-state index contributed by atoms with van der Waals surface area (Å²) >= 11 is 0. The molecule has 0 unspecified atom stereocenters. The molecule has 6 nitrogen and oxygen atoms in total. The van der Waals surface area contributed by atoms with E-state index in [1.807, 2.05) is 61.5 Å². The van der Waals surface area contributed by atoms with Crippen LogP contribution in [0.5, 0.6) is 0 Å². The molecule has 2 aromatic carbocycles. The van der Waals surface area contributed by atoms with Gasteiger partial charge in [0.25, 0.3) is 5.91 Å². The first-order valence-electron chi connectivity index (χ1n) is 8.53. The molecule has 0 spiro atoms. The Hall–Kier alpha value is -3.51. The maximum Gasteiger partial charge on any atom is 0.283 e. The number of hydrogen-bond acceptors (Lipinski definition) is 4. The zero-order valence-electron chi connectivity index (χ0n) is 14.8. The molecule has 3 rings (SSSR count). The number of carbonyl (C=O) groups is 2. The van der Waals surface area contributed by atoms with Crippen molar-refractivity contribution >= 4 is 17.5 Å². The molecule has 1 atom stereocenters. The van der Waals surface area contributed by atoms with Crippen molar-refractivity contribution in [3.63, 3.8) is 0 Å². The molecule has 3 aromatic rings. The van der Waals surface area contributed by atoms with Gasteiger partial charge in [-0.1, -0.05) is 54.1 Å². The number of aromatic nitrogens is 1. The molecule has 1 heterocycles. The molecule has 0 aliphatic carbocycles. The van der Waals surface area contributed by atoms with Crippen LogP contribution >= 0.6 is 0 Å². The Morgan fingerprint density at radius 3 is 2.26 bits per heavy atom. The van der Waals surface area contributed by atoms with Gasteiger partial charge in [-0.2, -0.15) is 0 Å². The first kappa shape index (κ1) is 18.3. The van der Waals surface area contributed by atoms with Crippen molar-refractivity contribution in [1.82, 2.24) is 15.8 Å². The summed E-state index contributed by atoms with van der Waals surface area (Å²) in [6.07, 6.45) is 1.54. The van der Waals surface area contributed by atoms with Crippen LogP contribution in [0.1, 0.15) is 27.7 Å². The Kier molecular flexibility index (Phi) is 5.91. The number of carbonyl (C=O) groups excluding carboxylic acids is 2. The Bertz CT molecular complexity index is 896. The fraction of sp³-hybridized carbons (Fsp3) is 0.0952. The van der Waals surface area contributed by atoms with Gasteiger partial charge in [0.2, 0.25) is 5.91 Å². The molecular weight excluding hydrogens is 340 g/mol. The topological polar surface area (TPSA) is 83.1 Å². The van der Waals surface area contributed by atoms with Gasteiger partial charge in [0, 0.05) is 11.9 Å². The zero-order valence-corrected chi connectivity index (χ0v) is 14.8. The van der Waals surface area contributed by atoms with Crippen LogP contribution in [0.2, 0.25) is 0 Å². The minimum atomic E-state index is -0.764. The van der Waals surface area contributed by atoms with Crippen LogP contribution in [0.25, 0.3) is 0 Å². The van der Waals surface area contributed by atoms with E-state index in [0.717, 1.165) is 11.1 Å². The van der Waals surface area contributed by atoms with Crippen molar-refractivity contribution in [3.05, 3.63) is 95.8 Å². The maximum absolute atomic E-state index is 12.8. The van der Waals surface area contributed by atoms with Gasteiger partial charge >= 0.3 is 0 Å². The summed E-state index contributed by atoms with van der Waals surface area (Å²) in [7, 11) is 0. The summed E-state index contributed by atoms with van der Waals surface area (Å²) < 4.78 is 0. The van der Waals surface area contributed by atoms with Crippen LogP contribution in [0.3, 0.4) is 0 Å². The van der Waals surface area contributed by atoms with Gasteiger partial charge in [-0.25, -0.2) is 5.43 Å².